The fourth-order valence-corrected chi connectivity index (χ4v) is 18.4. The first-order chi connectivity index (χ1) is 32.9. The zero-order valence-corrected chi connectivity index (χ0v) is 41.2. The summed E-state index contributed by atoms with van der Waals surface area (Å²) in [4.78, 5) is 12.7. The van der Waals surface area contributed by atoms with Gasteiger partial charge in [0.1, 0.15) is 27.1 Å². The third-order valence-electron chi connectivity index (χ3n) is 17.4. The first-order valence-corrected chi connectivity index (χ1v) is 26.8. The zero-order chi connectivity index (χ0) is 46.3. The van der Waals surface area contributed by atoms with Crippen LogP contribution in [0.15, 0.2) is 162 Å². The lowest BCUT2D eigenvalue weighted by molar-refractivity contribution is -0.0281. The van der Waals surface area contributed by atoms with Crippen molar-refractivity contribution in [3.8, 4) is 22.3 Å². The van der Waals surface area contributed by atoms with Gasteiger partial charge in [0.2, 0.25) is 14.2 Å². The van der Waals surface area contributed by atoms with E-state index >= 15 is 0 Å². The first-order valence-electron chi connectivity index (χ1n) is 25.0. The Balaban J connectivity index is 0.828. The average Bonchev–Trinajstić information content (AvgIpc) is 3.82. The third-order valence-corrected chi connectivity index (χ3v) is 20.6. The van der Waals surface area contributed by atoms with E-state index in [0.29, 0.717) is 0 Å². The molecule has 4 bridgehead atoms. The normalized spacial score (nSPS) is 21.9. The van der Waals surface area contributed by atoms with Crippen molar-refractivity contribution in [2.45, 2.75) is 90.9 Å². The van der Waals surface area contributed by atoms with E-state index in [2.05, 4.69) is 199 Å². The summed E-state index contributed by atoms with van der Waals surface area (Å²) in [6.07, 6.45) is 7.72. The van der Waals surface area contributed by atoms with Crippen molar-refractivity contribution in [2.24, 2.45) is 11.8 Å². The van der Waals surface area contributed by atoms with E-state index in [0.717, 1.165) is 38.9 Å². The van der Waals surface area contributed by atoms with Gasteiger partial charge in [-0.05, 0) is 167 Å². The predicted octanol–water partition coefficient (Wildman–Crippen LogP) is 12.6. The summed E-state index contributed by atoms with van der Waals surface area (Å²) >= 11 is 0. The van der Waals surface area contributed by atoms with Gasteiger partial charge in [-0.1, -0.05) is 165 Å². The van der Waals surface area contributed by atoms with Crippen LogP contribution in [0.1, 0.15) is 83.0 Å². The number of hydrogen-bond acceptors (Lipinski definition) is 2. The maximum Gasteiger partial charge on any atom is 0.242 e. The molecule has 0 saturated heterocycles. The minimum atomic E-state index is -2.70. The van der Waals surface area contributed by atoms with Crippen LogP contribution < -0.4 is 32.3 Å². The van der Waals surface area contributed by atoms with Crippen LogP contribution in [-0.4, -0.2) is 11.6 Å². The maximum atomic E-state index is 12.7. The van der Waals surface area contributed by atoms with Crippen LogP contribution in [0.5, 0.6) is 0 Å². The molecular formula is C64H59BO2P+. The highest BCUT2D eigenvalue weighted by atomic mass is 31.2. The first kappa shape index (κ1) is 42.1. The molecule has 2 nitrogen and oxygen atoms in total. The largest absolute Gasteiger partial charge is 0.456 e. The van der Waals surface area contributed by atoms with E-state index in [1.807, 2.05) is 0 Å². The number of benzene rings is 8. The number of aryl methyl sites for hydroxylation is 6. The third kappa shape index (κ3) is 6.31. The second kappa shape index (κ2) is 15.3. The minimum absolute atomic E-state index is 0.103. The number of hydrogen-bond donors (Lipinski definition) is 1. The van der Waals surface area contributed by atoms with E-state index in [1.165, 1.54) is 132 Å². The summed E-state index contributed by atoms with van der Waals surface area (Å²) in [5.74, 6) is 1.50. The fourth-order valence-electron chi connectivity index (χ4n) is 15.3. The van der Waals surface area contributed by atoms with Gasteiger partial charge in [0.25, 0.3) is 0 Å². The molecule has 334 valence electrons. The molecule has 4 saturated carbocycles. The smallest absolute Gasteiger partial charge is 0.242 e. The van der Waals surface area contributed by atoms with Gasteiger partial charge in [0, 0.05) is 21.9 Å². The second-order valence-corrected chi connectivity index (χ2v) is 24.7. The van der Waals surface area contributed by atoms with Crippen LogP contribution in [0.2, 0.25) is 0 Å². The van der Waals surface area contributed by atoms with Crippen molar-refractivity contribution < 1.29 is 9.31 Å². The summed E-state index contributed by atoms with van der Waals surface area (Å²) < 4.78 is 6.57. The second-order valence-electron chi connectivity index (χ2n) is 21.9. The van der Waals surface area contributed by atoms with E-state index < -0.39 is 7.49 Å². The molecule has 4 heteroatoms. The molecule has 1 aromatic heterocycles. The Morgan fingerprint density at radius 2 is 0.956 bits per heavy atom. The molecular weight excluding hydrogens is 842 g/mol. The Morgan fingerprint density at radius 1 is 0.500 bits per heavy atom. The Kier molecular flexibility index (Phi) is 9.46. The molecule has 1 N–H and O–H groups in total. The van der Waals surface area contributed by atoms with Gasteiger partial charge in [-0.2, -0.15) is 0 Å². The molecule has 0 amide bonds. The topological polar surface area (TPSA) is 33.4 Å². The van der Waals surface area contributed by atoms with E-state index in [-0.39, 0.29) is 17.5 Å². The van der Waals surface area contributed by atoms with Crippen LogP contribution in [0.4, 0.5) is 0 Å². The van der Waals surface area contributed by atoms with Gasteiger partial charge in [-0.25, -0.2) is 4.89 Å². The van der Waals surface area contributed by atoms with Crippen LogP contribution in [0.25, 0.3) is 44.2 Å². The lowest BCUT2D eigenvalue weighted by Gasteiger charge is -2.63. The molecule has 9 aromatic rings. The number of furan rings is 1. The maximum absolute atomic E-state index is 12.7. The summed E-state index contributed by atoms with van der Waals surface area (Å²) in [6.45, 7) is 13.7. The number of fused-ring (bicyclic) bond motifs is 6. The van der Waals surface area contributed by atoms with Crippen molar-refractivity contribution in [1.82, 2.24) is 0 Å². The Hall–Kier alpha value is -5.99. The van der Waals surface area contributed by atoms with Crippen LogP contribution in [0, 0.1) is 53.4 Å². The monoisotopic (exact) mass is 901 g/mol. The lowest BCUT2D eigenvalue weighted by atomic mass is 9.34. The molecule has 2 atom stereocenters. The highest BCUT2D eigenvalue weighted by Gasteiger charge is 2.59. The SMILES string of the molecule is Cc1cc(C)c(B(c2ccc3oc4ccc(-c5ccc(C67CC8CC(C6)CC(c6ccc([P+]9(O)c%10ccccc%10-c%10ccccc%109)cc6)(C8)C7)cc5)cc4c3c2)c2c(C)cc(C)cc2C)c(C)c1. The highest BCUT2D eigenvalue weighted by molar-refractivity contribution is 7.92. The van der Waals surface area contributed by atoms with Gasteiger partial charge in [-0.3, -0.25) is 0 Å². The number of rotatable bonds is 7. The van der Waals surface area contributed by atoms with Gasteiger partial charge in [0.15, 0.2) is 0 Å². The van der Waals surface area contributed by atoms with Gasteiger partial charge in [0.05, 0.1) is 0 Å². The molecule has 0 radical (unpaired) electrons. The molecule has 4 fully saturated rings. The standard InChI is InChI=1S/C64H59BO2P/c1-39-27-41(3)61(42(4)28-39)65(62-43(5)29-40(2)30-44(62)6)51-22-26-58-56(33-51)55-32-48(17-25-57(55)67-58)47-15-18-49(19-16-47)63-34-45-31-46(35-63)37-64(36-45,38-63)50-20-23-52(24-21-50)68(66)59-13-9-7-11-53(59)54-12-8-10-14-60(54)68/h7-30,32-33,45-46,66H,31,34-38H2,1-6H3/q+1. The average molecular weight is 902 g/mol. The molecule has 5 aliphatic rings. The summed E-state index contributed by atoms with van der Waals surface area (Å²) in [5.41, 5.74) is 22.1. The summed E-state index contributed by atoms with van der Waals surface area (Å²) in [7, 11) is -2.70. The Morgan fingerprint density at radius 3 is 1.49 bits per heavy atom. The lowest BCUT2D eigenvalue weighted by Crippen LogP contribution is -2.56. The van der Waals surface area contributed by atoms with Crippen molar-refractivity contribution in [2.75, 3.05) is 0 Å². The van der Waals surface area contributed by atoms with Crippen LogP contribution >= 0.6 is 7.49 Å². The van der Waals surface area contributed by atoms with Crippen LogP contribution in [-0.2, 0) is 10.8 Å². The molecule has 4 aliphatic carbocycles. The highest BCUT2D eigenvalue weighted by Crippen LogP contribution is 2.66. The van der Waals surface area contributed by atoms with Crippen molar-refractivity contribution in [1.29, 1.82) is 0 Å². The fraction of sp³-hybridized carbons (Fsp3) is 0.250. The molecule has 2 unspecified atom stereocenters. The van der Waals surface area contributed by atoms with Crippen molar-refractivity contribution in [3.05, 3.63) is 202 Å². The molecule has 1 aliphatic heterocycles. The zero-order valence-electron chi connectivity index (χ0n) is 40.3. The summed E-state index contributed by atoms with van der Waals surface area (Å²) in [6, 6.07) is 59.3. The molecule has 0 spiro atoms. The van der Waals surface area contributed by atoms with Gasteiger partial charge < -0.3 is 4.42 Å². The predicted molar refractivity (Wildman–Crippen MR) is 290 cm³/mol. The Bertz CT molecular complexity index is 3360. The van der Waals surface area contributed by atoms with E-state index in [1.54, 1.807) is 0 Å². The van der Waals surface area contributed by atoms with E-state index in [9.17, 15) is 4.89 Å². The Labute approximate surface area is 403 Å². The van der Waals surface area contributed by atoms with E-state index in [4.69, 9.17) is 4.42 Å². The molecule has 68 heavy (non-hydrogen) atoms. The van der Waals surface area contributed by atoms with Gasteiger partial charge >= 0.3 is 0 Å². The summed E-state index contributed by atoms with van der Waals surface area (Å²) in [5, 5.41) is 5.59. The minimum Gasteiger partial charge on any atom is -0.456 e. The molecule has 14 rings (SSSR count). The molecule has 2 heterocycles. The van der Waals surface area contributed by atoms with Crippen LogP contribution in [0.3, 0.4) is 0 Å². The quantitative estimate of drug-likeness (QED) is 0.128. The van der Waals surface area contributed by atoms with Crippen molar-refractivity contribution in [3.63, 3.8) is 0 Å². The molecule has 8 aromatic carbocycles. The van der Waals surface area contributed by atoms with Crippen molar-refractivity contribution >= 4 is 68.4 Å². The van der Waals surface area contributed by atoms with Gasteiger partial charge in [-0.15, -0.1) is 0 Å².